The topological polar surface area (TPSA) is 34.2 Å². The third-order valence-corrected chi connectivity index (χ3v) is 8.14. The molecule has 0 saturated heterocycles. The van der Waals surface area contributed by atoms with E-state index in [0.717, 1.165) is 45.6 Å². The van der Waals surface area contributed by atoms with Crippen LogP contribution in [0.5, 0.6) is 28.7 Å². The summed E-state index contributed by atoms with van der Waals surface area (Å²) in [4.78, 5) is 4.41. The number of para-hydroxylation sites is 5. The second-order valence-electron chi connectivity index (χ2n) is 11.5. The van der Waals surface area contributed by atoms with Gasteiger partial charge in [-0.2, -0.15) is 0 Å². The lowest BCUT2D eigenvalue weighted by atomic mass is 10.1. The minimum Gasteiger partial charge on any atom is -0.495 e. The molecular formula is C44H36N2O3. The van der Waals surface area contributed by atoms with Crippen LogP contribution in [0, 0.1) is 6.92 Å². The van der Waals surface area contributed by atoms with Gasteiger partial charge in [-0.05, 0) is 91.3 Å². The summed E-state index contributed by atoms with van der Waals surface area (Å²) in [6, 6.07) is 60.9. The SMILES string of the molecule is COc1ccccc1N(c1ccccc1)c1cccc(Oc2cccc(Oc3cccc(N(c4ccccc4)c4ccccc4C)c3)c2)c1. The van der Waals surface area contributed by atoms with E-state index >= 15 is 0 Å². The van der Waals surface area contributed by atoms with Crippen LogP contribution in [0.3, 0.4) is 0 Å². The van der Waals surface area contributed by atoms with Crippen LogP contribution in [0.4, 0.5) is 34.1 Å². The average Bonchev–Trinajstić information content (AvgIpc) is 3.14. The van der Waals surface area contributed by atoms with E-state index in [2.05, 4.69) is 102 Å². The van der Waals surface area contributed by atoms with Crippen molar-refractivity contribution < 1.29 is 14.2 Å². The summed E-state index contributed by atoms with van der Waals surface area (Å²) >= 11 is 0. The van der Waals surface area contributed by atoms with Gasteiger partial charge in [0.1, 0.15) is 28.7 Å². The van der Waals surface area contributed by atoms with Crippen LogP contribution in [0.25, 0.3) is 0 Å². The first-order valence-electron chi connectivity index (χ1n) is 16.2. The van der Waals surface area contributed by atoms with E-state index in [1.165, 1.54) is 5.56 Å². The Labute approximate surface area is 287 Å². The number of ether oxygens (including phenoxy) is 3. The smallest absolute Gasteiger partial charge is 0.142 e. The highest BCUT2D eigenvalue weighted by molar-refractivity contribution is 5.81. The molecule has 0 saturated carbocycles. The van der Waals surface area contributed by atoms with Crippen LogP contribution in [0.2, 0.25) is 0 Å². The molecular weight excluding hydrogens is 604 g/mol. The fraction of sp³-hybridized carbons (Fsp3) is 0.0455. The fourth-order valence-electron chi connectivity index (χ4n) is 5.88. The summed E-state index contributed by atoms with van der Waals surface area (Å²) < 4.78 is 18.6. The minimum absolute atomic E-state index is 0.667. The lowest BCUT2D eigenvalue weighted by Gasteiger charge is -2.27. The van der Waals surface area contributed by atoms with Crippen molar-refractivity contribution in [3.8, 4) is 28.7 Å². The van der Waals surface area contributed by atoms with E-state index in [1.807, 2.05) is 97.1 Å². The van der Waals surface area contributed by atoms with Gasteiger partial charge in [0.25, 0.3) is 0 Å². The molecule has 7 rings (SSSR count). The van der Waals surface area contributed by atoms with Crippen molar-refractivity contribution in [1.29, 1.82) is 0 Å². The molecule has 0 aromatic heterocycles. The third kappa shape index (κ3) is 7.11. The molecule has 240 valence electrons. The molecule has 0 amide bonds. The van der Waals surface area contributed by atoms with E-state index in [1.54, 1.807) is 7.11 Å². The second kappa shape index (κ2) is 14.5. The zero-order valence-corrected chi connectivity index (χ0v) is 27.4. The summed E-state index contributed by atoms with van der Waals surface area (Å²) in [6.45, 7) is 2.13. The maximum atomic E-state index is 6.42. The van der Waals surface area contributed by atoms with Crippen molar-refractivity contribution in [2.45, 2.75) is 6.92 Å². The largest absolute Gasteiger partial charge is 0.495 e. The standard InChI is InChI=1S/C44H36N2O3/c1-33-16-9-10-27-42(33)45(34-17-5-3-6-18-34)36-21-13-23-38(30-36)48-40-25-15-26-41(32-40)49-39-24-14-22-37(31-39)46(35-19-7-4-8-20-35)43-28-11-12-29-44(43)47-2/h3-32H,1-2H3. The summed E-state index contributed by atoms with van der Waals surface area (Å²) in [6.07, 6.45) is 0. The monoisotopic (exact) mass is 640 g/mol. The second-order valence-corrected chi connectivity index (χ2v) is 11.5. The molecule has 5 nitrogen and oxygen atoms in total. The number of rotatable bonds is 11. The molecule has 7 aromatic rings. The Morgan fingerprint density at radius 3 is 1.31 bits per heavy atom. The van der Waals surface area contributed by atoms with Gasteiger partial charge in [-0.3, -0.25) is 0 Å². The van der Waals surface area contributed by atoms with Crippen molar-refractivity contribution in [1.82, 2.24) is 0 Å². The van der Waals surface area contributed by atoms with E-state index in [0.29, 0.717) is 17.2 Å². The molecule has 49 heavy (non-hydrogen) atoms. The van der Waals surface area contributed by atoms with Crippen LogP contribution in [0.15, 0.2) is 182 Å². The first-order valence-corrected chi connectivity index (χ1v) is 16.2. The van der Waals surface area contributed by atoms with Crippen LogP contribution in [-0.4, -0.2) is 7.11 Å². The van der Waals surface area contributed by atoms with Gasteiger partial charge in [0, 0.05) is 46.6 Å². The molecule has 5 heteroatoms. The number of nitrogens with zero attached hydrogens (tertiary/aromatic N) is 2. The Morgan fingerprint density at radius 1 is 0.367 bits per heavy atom. The molecule has 7 aromatic carbocycles. The fourth-order valence-corrected chi connectivity index (χ4v) is 5.88. The molecule has 0 unspecified atom stereocenters. The molecule has 0 spiro atoms. The number of benzene rings is 7. The third-order valence-electron chi connectivity index (χ3n) is 8.14. The zero-order chi connectivity index (χ0) is 33.4. The van der Waals surface area contributed by atoms with Crippen molar-refractivity contribution >= 4 is 34.1 Å². The molecule has 0 bridgehead atoms. The summed E-state index contributed by atoms with van der Waals surface area (Å²) in [5, 5.41) is 0. The van der Waals surface area contributed by atoms with E-state index in [4.69, 9.17) is 14.2 Å². The Kier molecular flexibility index (Phi) is 9.24. The highest BCUT2D eigenvalue weighted by Crippen LogP contribution is 2.42. The number of hydrogen-bond acceptors (Lipinski definition) is 5. The Morgan fingerprint density at radius 2 is 0.776 bits per heavy atom. The minimum atomic E-state index is 0.667. The molecule has 0 aliphatic carbocycles. The number of anilines is 6. The Balaban J connectivity index is 1.15. The van der Waals surface area contributed by atoms with Gasteiger partial charge >= 0.3 is 0 Å². The quantitative estimate of drug-likeness (QED) is 0.141. The van der Waals surface area contributed by atoms with Crippen LogP contribution >= 0.6 is 0 Å². The molecule has 0 aliphatic heterocycles. The average molecular weight is 641 g/mol. The van der Waals surface area contributed by atoms with Crippen molar-refractivity contribution in [3.63, 3.8) is 0 Å². The van der Waals surface area contributed by atoms with Gasteiger partial charge in [-0.1, -0.05) is 84.9 Å². The molecule has 0 heterocycles. The van der Waals surface area contributed by atoms with Crippen molar-refractivity contribution in [2.24, 2.45) is 0 Å². The van der Waals surface area contributed by atoms with E-state index in [9.17, 15) is 0 Å². The molecule has 0 atom stereocenters. The van der Waals surface area contributed by atoms with Crippen molar-refractivity contribution in [3.05, 3.63) is 188 Å². The van der Waals surface area contributed by atoms with Crippen LogP contribution in [-0.2, 0) is 0 Å². The van der Waals surface area contributed by atoms with E-state index in [-0.39, 0.29) is 0 Å². The predicted molar refractivity (Wildman–Crippen MR) is 200 cm³/mol. The lowest BCUT2D eigenvalue weighted by Crippen LogP contribution is -2.11. The van der Waals surface area contributed by atoms with Gasteiger partial charge < -0.3 is 24.0 Å². The summed E-state index contributed by atoms with van der Waals surface area (Å²) in [5.74, 6) is 3.54. The van der Waals surface area contributed by atoms with Crippen LogP contribution in [0.1, 0.15) is 5.56 Å². The number of aryl methyl sites for hydroxylation is 1. The Bertz CT molecular complexity index is 2150. The van der Waals surface area contributed by atoms with Gasteiger partial charge in [-0.15, -0.1) is 0 Å². The highest BCUT2D eigenvalue weighted by atomic mass is 16.5. The summed E-state index contributed by atoms with van der Waals surface area (Å²) in [5.41, 5.74) is 7.24. The predicted octanol–water partition coefficient (Wildman–Crippen LogP) is 12.5. The number of hydrogen-bond donors (Lipinski definition) is 0. The van der Waals surface area contributed by atoms with Gasteiger partial charge in [0.05, 0.1) is 12.8 Å². The first kappa shape index (κ1) is 31.2. The maximum absolute atomic E-state index is 6.42. The van der Waals surface area contributed by atoms with Crippen LogP contribution < -0.4 is 24.0 Å². The Hall–Kier alpha value is -6.46. The molecule has 0 N–H and O–H groups in total. The normalized spacial score (nSPS) is 10.7. The zero-order valence-electron chi connectivity index (χ0n) is 27.4. The lowest BCUT2D eigenvalue weighted by molar-refractivity contribution is 0.416. The first-order chi connectivity index (χ1) is 24.2. The van der Waals surface area contributed by atoms with Crippen molar-refractivity contribution in [2.75, 3.05) is 16.9 Å². The maximum Gasteiger partial charge on any atom is 0.142 e. The van der Waals surface area contributed by atoms with Gasteiger partial charge in [0.15, 0.2) is 0 Å². The summed E-state index contributed by atoms with van der Waals surface area (Å²) in [7, 11) is 1.69. The molecule has 0 radical (unpaired) electrons. The van der Waals surface area contributed by atoms with Gasteiger partial charge in [0.2, 0.25) is 0 Å². The van der Waals surface area contributed by atoms with E-state index < -0.39 is 0 Å². The molecule has 0 fully saturated rings. The highest BCUT2D eigenvalue weighted by Gasteiger charge is 2.18. The van der Waals surface area contributed by atoms with Gasteiger partial charge in [-0.25, -0.2) is 0 Å². The number of methoxy groups -OCH3 is 1. The molecule has 0 aliphatic rings.